The fourth-order valence-corrected chi connectivity index (χ4v) is 2.60. The summed E-state index contributed by atoms with van der Waals surface area (Å²) in [5.74, 6) is 0.576. The zero-order chi connectivity index (χ0) is 18.1. The molecule has 1 aliphatic heterocycles. The molecule has 3 N–H and O–H groups in total. The predicted molar refractivity (Wildman–Crippen MR) is 104 cm³/mol. The van der Waals surface area contributed by atoms with E-state index in [1.807, 2.05) is 38.6 Å². The van der Waals surface area contributed by atoms with Crippen LogP contribution in [0.2, 0.25) is 0 Å². The molecule has 7 nitrogen and oxygen atoms in total. The van der Waals surface area contributed by atoms with E-state index in [0.717, 1.165) is 45.0 Å². The van der Waals surface area contributed by atoms with Crippen molar-refractivity contribution in [3.8, 4) is 0 Å². The smallest absolute Gasteiger partial charge is 0.147 e. The molecule has 0 amide bonds. The van der Waals surface area contributed by atoms with Gasteiger partial charge in [0.1, 0.15) is 5.82 Å². The van der Waals surface area contributed by atoms with Crippen LogP contribution in [0.4, 0.5) is 11.4 Å². The van der Waals surface area contributed by atoms with Crippen LogP contribution in [0.1, 0.15) is 0 Å². The largest absolute Gasteiger partial charge is 0.393 e. The second-order valence-electron chi connectivity index (χ2n) is 5.97. The quantitative estimate of drug-likeness (QED) is 0.706. The fourth-order valence-electron chi connectivity index (χ4n) is 2.60. The van der Waals surface area contributed by atoms with E-state index in [2.05, 4.69) is 44.1 Å². The molecule has 2 rings (SSSR count). The molecule has 0 spiro atoms. The number of anilines is 1. The second-order valence-corrected chi connectivity index (χ2v) is 5.97. The number of nitrogens with two attached hydrogens (primary N) is 1. The molecule has 1 aliphatic rings. The van der Waals surface area contributed by atoms with Crippen molar-refractivity contribution in [2.45, 2.75) is 0 Å². The van der Waals surface area contributed by atoms with E-state index in [-0.39, 0.29) is 0 Å². The van der Waals surface area contributed by atoms with Gasteiger partial charge in [0.15, 0.2) is 0 Å². The highest BCUT2D eigenvalue weighted by Crippen LogP contribution is 2.22. The monoisotopic (exact) mass is 343 g/mol. The molecule has 0 unspecified atom stereocenters. The van der Waals surface area contributed by atoms with E-state index < -0.39 is 0 Å². The van der Waals surface area contributed by atoms with Crippen molar-refractivity contribution in [2.24, 2.45) is 16.0 Å². The summed E-state index contributed by atoms with van der Waals surface area (Å²) < 4.78 is 0. The molecule has 0 radical (unpaired) electrons. The van der Waals surface area contributed by atoms with Crippen LogP contribution in [0.3, 0.4) is 0 Å². The third-order valence-electron chi connectivity index (χ3n) is 4.19. The highest BCUT2D eigenvalue weighted by Gasteiger charge is 2.16. The number of nitrogens with zero attached hydrogens (tertiary/aromatic N) is 5. The average molecular weight is 343 g/mol. The molecule has 1 heterocycles. The number of azo groups is 1. The summed E-state index contributed by atoms with van der Waals surface area (Å²) in [6, 6.07) is 8.17. The van der Waals surface area contributed by atoms with Crippen LogP contribution in [-0.4, -0.2) is 63.2 Å². The maximum Gasteiger partial charge on any atom is 0.147 e. The van der Waals surface area contributed by atoms with Crippen LogP contribution in [0, 0.1) is 0 Å². The van der Waals surface area contributed by atoms with Crippen molar-refractivity contribution in [3.05, 3.63) is 49.1 Å². The molecule has 25 heavy (non-hydrogen) atoms. The van der Waals surface area contributed by atoms with Crippen LogP contribution < -0.4 is 16.0 Å². The van der Waals surface area contributed by atoms with E-state index in [0.29, 0.717) is 5.82 Å². The Balaban J connectivity index is 1.88. The van der Waals surface area contributed by atoms with E-state index in [9.17, 15) is 0 Å². The molecule has 7 heteroatoms. The molecule has 1 saturated heterocycles. The van der Waals surface area contributed by atoms with Gasteiger partial charge in [-0.3, -0.25) is 4.90 Å². The first kappa shape index (κ1) is 19.0. The van der Waals surface area contributed by atoms with Crippen molar-refractivity contribution in [3.63, 3.8) is 0 Å². The normalized spacial score (nSPS) is 15.9. The molecular weight excluding hydrogens is 314 g/mol. The van der Waals surface area contributed by atoms with Crippen molar-refractivity contribution in [1.82, 2.24) is 15.1 Å². The summed E-state index contributed by atoms with van der Waals surface area (Å²) in [6.45, 7) is 9.79. The Morgan fingerprint density at radius 1 is 1.28 bits per heavy atom. The summed E-state index contributed by atoms with van der Waals surface area (Å²) in [5, 5.41) is 11.3. The molecule has 136 valence electrons. The van der Waals surface area contributed by atoms with Crippen molar-refractivity contribution < 1.29 is 0 Å². The molecule has 1 aromatic rings. The number of piperazine rings is 1. The Labute approximate surface area is 150 Å². The van der Waals surface area contributed by atoms with Gasteiger partial charge in [-0.25, -0.2) is 0 Å². The topological polar surface area (TPSA) is 72.5 Å². The van der Waals surface area contributed by atoms with E-state index in [1.165, 1.54) is 5.69 Å². The summed E-state index contributed by atoms with van der Waals surface area (Å²) in [6.07, 6.45) is 3.65. The van der Waals surface area contributed by atoms with E-state index >= 15 is 0 Å². The van der Waals surface area contributed by atoms with Gasteiger partial charge in [0.25, 0.3) is 0 Å². The first-order valence-electron chi connectivity index (χ1n) is 8.59. The Hall–Kier alpha value is -2.38. The Morgan fingerprint density at radius 3 is 2.56 bits per heavy atom. The van der Waals surface area contributed by atoms with E-state index in [1.54, 1.807) is 4.90 Å². The summed E-state index contributed by atoms with van der Waals surface area (Å²) in [5.41, 5.74) is 7.66. The lowest BCUT2D eigenvalue weighted by molar-refractivity contribution is 0.265. The minimum absolute atomic E-state index is 0.576. The third-order valence-corrected chi connectivity index (χ3v) is 4.19. The molecule has 0 atom stereocenters. The van der Waals surface area contributed by atoms with Crippen LogP contribution in [0.15, 0.2) is 59.3 Å². The van der Waals surface area contributed by atoms with Gasteiger partial charge in [-0.15, -0.1) is 10.2 Å². The van der Waals surface area contributed by atoms with Gasteiger partial charge in [-0.1, -0.05) is 6.58 Å². The lowest BCUT2D eigenvalue weighted by atomic mass is 10.2. The predicted octanol–water partition coefficient (Wildman–Crippen LogP) is 1.94. The summed E-state index contributed by atoms with van der Waals surface area (Å²) in [4.78, 5) is 6.60. The van der Waals surface area contributed by atoms with Gasteiger partial charge in [0, 0.05) is 71.5 Å². The minimum atomic E-state index is 0.576. The molecule has 1 fully saturated rings. The molecule has 0 bridgehead atoms. The van der Waals surface area contributed by atoms with Crippen molar-refractivity contribution in [2.75, 3.05) is 58.3 Å². The maximum absolute atomic E-state index is 5.62. The summed E-state index contributed by atoms with van der Waals surface area (Å²) >= 11 is 0. The highest BCUT2D eigenvalue weighted by atomic mass is 15.3. The van der Waals surface area contributed by atoms with Crippen LogP contribution >= 0.6 is 0 Å². The van der Waals surface area contributed by atoms with Gasteiger partial charge in [0.05, 0.1) is 5.69 Å². The number of nitrogens with one attached hydrogen (secondary N) is 1. The number of rotatable bonds is 8. The fraction of sp³-hybridized carbons (Fsp3) is 0.444. The number of hydrogen-bond donors (Lipinski definition) is 2. The summed E-state index contributed by atoms with van der Waals surface area (Å²) in [7, 11) is 3.72. The van der Waals surface area contributed by atoms with Gasteiger partial charge in [-0.2, -0.15) is 0 Å². The second kappa shape index (κ2) is 9.80. The zero-order valence-corrected chi connectivity index (χ0v) is 15.2. The Morgan fingerprint density at radius 2 is 1.96 bits per heavy atom. The van der Waals surface area contributed by atoms with Crippen molar-refractivity contribution >= 4 is 11.4 Å². The molecule has 0 aliphatic carbocycles. The van der Waals surface area contributed by atoms with Crippen LogP contribution in [-0.2, 0) is 0 Å². The molecular formula is C18H29N7. The standard InChI is InChI=1S/C18H29N7/c1-16(23(3)11-9-20-2)21-22-17-4-6-18(7-5-17)25-14-12-24(10-8-19)13-15-25/h4-7,9,11,20H,1,8,10,12-15,19H2,2-3H3/b11-9-,22-21?. The minimum Gasteiger partial charge on any atom is -0.393 e. The molecule has 1 aromatic carbocycles. The SMILES string of the molecule is C=C(N=Nc1ccc(N2CCN(CCN)CC2)cc1)N(C)/C=C\NC. The zero-order valence-electron chi connectivity index (χ0n) is 15.2. The van der Waals surface area contributed by atoms with E-state index in [4.69, 9.17) is 5.73 Å². The highest BCUT2D eigenvalue weighted by molar-refractivity contribution is 5.53. The third kappa shape index (κ3) is 5.88. The molecule has 0 saturated carbocycles. The lowest BCUT2D eigenvalue weighted by Gasteiger charge is -2.35. The Kier molecular flexibility index (Phi) is 7.43. The average Bonchev–Trinajstić information content (AvgIpc) is 2.65. The number of hydrogen-bond acceptors (Lipinski definition) is 7. The lowest BCUT2D eigenvalue weighted by Crippen LogP contribution is -2.47. The Bertz CT molecular complexity index is 586. The van der Waals surface area contributed by atoms with Crippen LogP contribution in [0.5, 0.6) is 0 Å². The number of benzene rings is 1. The van der Waals surface area contributed by atoms with Gasteiger partial charge >= 0.3 is 0 Å². The maximum atomic E-state index is 5.62. The first-order chi connectivity index (χ1) is 12.1. The first-order valence-corrected chi connectivity index (χ1v) is 8.59. The van der Waals surface area contributed by atoms with Crippen LogP contribution in [0.25, 0.3) is 0 Å². The molecule has 0 aromatic heterocycles. The van der Waals surface area contributed by atoms with Crippen molar-refractivity contribution in [1.29, 1.82) is 0 Å². The van der Waals surface area contributed by atoms with Gasteiger partial charge in [-0.05, 0) is 24.3 Å². The van der Waals surface area contributed by atoms with Gasteiger partial charge in [0.2, 0.25) is 0 Å². The van der Waals surface area contributed by atoms with Gasteiger partial charge < -0.3 is 20.9 Å².